The van der Waals surface area contributed by atoms with Crippen LogP contribution < -0.4 is 21.5 Å². The molecule has 4 amide bonds. The normalized spacial score (nSPS) is 18.0. The van der Waals surface area contributed by atoms with Gasteiger partial charge in [-0.1, -0.05) is 46.5 Å². The Kier molecular flexibility index (Phi) is 17.2. The number of amides is 4. The highest BCUT2D eigenvalue weighted by molar-refractivity contribution is 7.99. The maximum absolute atomic E-state index is 13.5. The average molecular weight is 602 g/mol. The Bertz CT molecular complexity index is 905. The van der Waals surface area contributed by atoms with E-state index in [2.05, 4.69) is 16.1 Å². The van der Waals surface area contributed by atoms with E-state index in [0.29, 0.717) is 38.0 Å². The summed E-state index contributed by atoms with van der Waals surface area (Å²) >= 11 is 1.22. The minimum Gasteiger partial charge on any atom is -0.480 e. The Morgan fingerprint density at radius 2 is 1.80 bits per heavy atom. The van der Waals surface area contributed by atoms with E-state index >= 15 is 0 Å². The number of Topliss-reactive ketones (excluding diaryl/α,β-unsaturated/α-hetero) is 1. The predicted octanol–water partition coefficient (Wildman–Crippen LogP) is 1.39. The van der Waals surface area contributed by atoms with Crippen LogP contribution in [-0.4, -0.2) is 86.9 Å². The van der Waals surface area contributed by atoms with Crippen molar-refractivity contribution >= 4 is 47.1 Å². The molecule has 0 saturated carbocycles. The van der Waals surface area contributed by atoms with E-state index in [1.54, 1.807) is 5.48 Å². The molecule has 0 bridgehead atoms. The molecule has 0 radical (unpaired) electrons. The van der Waals surface area contributed by atoms with Gasteiger partial charge in [0, 0.05) is 43.7 Å². The quantitative estimate of drug-likeness (QED) is 0.0715. The lowest BCUT2D eigenvalue weighted by molar-refractivity contribution is -0.152. The first-order valence-electron chi connectivity index (χ1n) is 14.4. The molecule has 6 N–H and O–H groups in total. The summed E-state index contributed by atoms with van der Waals surface area (Å²) in [6, 6.07) is -2.72. The number of aliphatic carboxylic acids is 1. The first-order chi connectivity index (χ1) is 19.5. The predicted molar refractivity (Wildman–Crippen MR) is 154 cm³/mol. The van der Waals surface area contributed by atoms with E-state index in [-0.39, 0.29) is 30.3 Å². The second-order valence-electron chi connectivity index (χ2n) is 10.5. The van der Waals surface area contributed by atoms with Crippen molar-refractivity contribution in [3.63, 3.8) is 0 Å². The maximum Gasteiger partial charge on any atom is 0.327 e. The van der Waals surface area contributed by atoms with Gasteiger partial charge in [0.2, 0.25) is 23.6 Å². The number of hydrazine groups is 1. The molecule has 0 unspecified atom stereocenters. The van der Waals surface area contributed by atoms with E-state index in [1.807, 2.05) is 20.8 Å². The zero-order valence-corrected chi connectivity index (χ0v) is 25.4. The van der Waals surface area contributed by atoms with Gasteiger partial charge in [-0.25, -0.2) is 15.7 Å². The van der Waals surface area contributed by atoms with Crippen molar-refractivity contribution in [1.29, 1.82) is 0 Å². The Balaban J connectivity index is 2.92. The van der Waals surface area contributed by atoms with Gasteiger partial charge in [-0.05, 0) is 25.2 Å². The lowest BCUT2D eigenvalue weighted by atomic mass is 9.92. The van der Waals surface area contributed by atoms with Gasteiger partial charge in [-0.15, -0.1) is 0 Å². The van der Waals surface area contributed by atoms with Crippen molar-refractivity contribution in [2.45, 2.75) is 104 Å². The molecule has 1 heterocycles. The van der Waals surface area contributed by atoms with E-state index in [1.165, 1.54) is 23.7 Å². The van der Waals surface area contributed by atoms with Crippen molar-refractivity contribution in [3.8, 4) is 0 Å². The zero-order valence-electron chi connectivity index (χ0n) is 24.6. The van der Waals surface area contributed by atoms with Gasteiger partial charge >= 0.3 is 5.97 Å². The number of ketones is 1. The van der Waals surface area contributed by atoms with Gasteiger partial charge in [0.05, 0.1) is 6.04 Å². The van der Waals surface area contributed by atoms with E-state index in [4.69, 9.17) is 5.21 Å². The Labute approximate surface area is 246 Å². The van der Waals surface area contributed by atoms with Crippen LogP contribution in [0.15, 0.2) is 0 Å². The zero-order chi connectivity index (χ0) is 30.9. The van der Waals surface area contributed by atoms with Crippen LogP contribution in [0.3, 0.4) is 0 Å². The van der Waals surface area contributed by atoms with E-state index in [0.717, 1.165) is 19.3 Å². The fourth-order valence-corrected chi connectivity index (χ4v) is 5.58. The Morgan fingerprint density at radius 1 is 1.10 bits per heavy atom. The van der Waals surface area contributed by atoms with Crippen LogP contribution in [0, 0.1) is 11.8 Å². The van der Waals surface area contributed by atoms with Crippen molar-refractivity contribution in [3.05, 3.63) is 0 Å². The average Bonchev–Trinajstić information content (AvgIpc) is 2.95. The number of carboxylic acid groups (broad SMARTS) is 1. The van der Waals surface area contributed by atoms with Crippen molar-refractivity contribution in [2.24, 2.45) is 11.8 Å². The number of hydroxylamine groups is 1. The van der Waals surface area contributed by atoms with Crippen LogP contribution in [0.5, 0.6) is 0 Å². The molecule has 0 aromatic heterocycles. The highest BCUT2D eigenvalue weighted by Crippen LogP contribution is 2.22. The molecule has 41 heavy (non-hydrogen) atoms. The number of unbranched alkanes of at least 4 members (excludes halogenated alkanes) is 2. The molecule has 13 nitrogen and oxygen atoms in total. The fourth-order valence-electron chi connectivity index (χ4n) is 4.61. The lowest BCUT2D eigenvalue weighted by Gasteiger charge is -2.38. The molecular weight excluding hydrogens is 554 g/mol. The summed E-state index contributed by atoms with van der Waals surface area (Å²) in [7, 11) is 0. The minimum atomic E-state index is -1.16. The van der Waals surface area contributed by atoms with Crippen LogP contribution in [0.25, 0.3) is 0 Å². The van der Waals surface area contributed by atoms with Crippen molar-refractivity contribution in [2.75, 3.05) is 18.1 Å². The number of hydrogen-bond donors (Lipinski definition) is 6. The van der Waals surface area contributed by atoms with Crippen LogP contribution in [0.4, 0.5) is 0 Å². The first kappa shape index (κ1) is 36.3. The number of carbonyl (C=O) groups excluding carboxylic acids is 5. The third kappa shape index (κ3) is 12.8. The molecule has 14 heteroatoms. The molecule has 0 aromatic carbocycles. The molecule has 1 aliphatic rings. The molecule has 234 valence electrons. The third-order valence-corrected chi connectivity index (χ3v) is 8.22. The van der Waals surface area contributed by atoms with Crippen molar-refractivity contribution < 1.29 is 39.1 Å². The summed E-state index contributed by atoms with van der Waals surface area (Å²) in [5.41, 5.74) is 4.58. The largest absolute Gasteiger partial charge is 0.480 e. The van der Waals surface area contributed by atoms with Crippen molar-refractivity contribution in [1.82, 2.24) is 26.5 Å². The molecule has 1 saturated heterocycles. The van der Waals surface area contributed by atoms with Gasteiger partial charge in [0.25, 0.3) is 0 Å². The molecule has 1 rings (SSSR count). The molecular formula is C27H47N5O8S. The second-order valence-corrected chi connectivity index (χ2v) is 11.6. The Morgan fingerprint density at radius 3 is 2.39 bits per heavy atom. The molecule has 0 aromatic rings. The highest BCUT2D eigenvalue weighted by atomic mass is 32.2. The van der Waals surface area contributed by atoms with Gasteiger partial charge in [-0.3, -0.25) is 34.2 Å². The topological polar surface area (TPSA) is 194 Å². The van der Waals surface area contributed by atoms with E-state index in [9.17, 15) is 33.9 Å². The van der Waals surface area contributed by atoms with Crippen LogP contribution in [0.1, 0.15) is 85.5 Å². The number of rotatable bonds is 19. The number of carbonyl (C=O) groups is 6. The minimum absolute atomic E-state index is 0.0910. The molecule has 1 fully saturated rings. The Hall–Kier alpha value is -2.71. The standard InChI is InChI=1S/C27H47N5O8S/c1-5-7-8-10-19(15-23(35)31-40)26(37)32-21(11-9-13-28-32)25(36)30-24(17(3)6-2)22(34)12-14-41-16-20(27(38)39)29-18(4)33/h17,19-21,24,28,40H,5-16H2,1-4H3,(H,29,33)(H,30,36)(H,31,35)(H,38,39)/t17-,19+,20+,21-,24-/m0/s1. The summed E-state index contributed by atoms with van der Waals surface area (Å²) in [4.78, 5) is 74.6. The smallest absolute Gasteiger partial charge is 0.327 e. The summed E-state index contributed by atoms with van der Waals surface area (Å²) in [5.74, 6) is -3.85. The molecule has 0 aliphatic carbocycles. The fraction of sp³-hybridized carbons (Fsp3) is 0.778. The lowest BCUT2D eigenvalue weighted by Crippen LogP contribution is -2.62. The summed E-state index contributed by atoms with van der Waals surface area (Å²) in [6.45, 7) is 7.49. The number of carboxylic acids is 1. The highest BCUT2D eigenvalue weighted by Gasteiger charge is 2.38. The monoisotopic (exact) mass is 601 g/mol. The van der Waals surface area contributed by atoms with Gasteiger partial charge < -0.3 is 15.7 Å². The number of nitrogens with one attached hydrogen (secondary N) is 4. The van der Waals surface area contributed by atoms with Gasteiger partial charge in [0.15, 0.2) is 5.78 Å². The summed E-state index contributed by atoms with van der Waals surface area (Å²) < 4.78 is 0. The molecule has 1 aliphatic heterocycles. The summed E-state index contributed by atoms with van der Waals surface area (Å²) in [5, 5.41) is 24.7. The number of hydrogen-bond acceptors (Lipinski definition) is 9. The second kappa shape index (κ2) is 19.4. The van der Waals surface area contributed by atoms with Crippen LogP contribution in [-0.2, 0) is 28.8 Å². The van der Waals surface area contributed by atoms with E-state index < -0.39 is 53.6 Å². The van der Waals surface area contributed by atoms with Crippen LogP contribution >= 0.6 is 11.8 Å². The van der Waals surface area contributed by atoms with Crippen LogP contribution in [0.2, 0.25) is 0 Å². The third-order valence-electron chi connectivity index (χ3n) is 7.16. The number of thioether (sulfide) groups is 1. The number of nitrogens with zero attached hydrogens (tertiary/aromatic N) is 1. The first-order valence-corrected chi connectivity index (χ1v) is 15.5. The van der Waals surface area contributed by atoms with Gasteiger partial charge in [0.1, 0.15) is 12.1 Å². The van der Waals surface area contributed by atoms with Gasteiger partial charge in [-0.2, -0.15) is 11.8 Å². The maximum atomic E-state index is 13.5. The SMILES string of the molecule is CCCCC[C@H](CC(=O)NO)C(=O)N1NCCC[C@H]1C(=O)N[C@H](C(=O)CCSC[C@@H](NC(C)=O)C(=O)O)[C@@H](C)CC. The molecule has 5 atom stereocenters. The molecule has 0 spiro atoms. The summed E-state index contributed by atoms with van der Waals surface area (Å²) in [6.07, 6.45) is 4.49.